The van der Waals surface area contributed by atoms with E-state index in [0.29, 0.717) is 11.8 Å². The molecule has 0 heterocycles. The molecule has 1 fully saturated rings. The molecule has 0 radical (unpaired) electrons. The van der Waals surface area contributed by atoms with Gasteiger partial charge in [0.25, 0.3) is 0 Å². The van der Waals surface area contributed by atoms with Crippen molar-refractivity contribution in [2.24, 2.45) is 11.8 Å². The average molecular weight is 168 g/mol. The Labute approximate surface area is 75.5 Å². The summed E-state index contributed by atoms with van der Waals surface area (Å²) in [6, 6.07) is 0. The summed E-state index contributed by atoms with van der Waals surface area (Å²) in [4.78, 5) is 0. The summed E-state index contributed by atoms with van der Waals surface area (Å²) in [6.45, 7) is 5.92. The van der Waals surface area contributed by atoms with Gasteiger partial charge in [0.2, 0.25) is 0 Å². The van der Waals surface area contributed by atoms with Gasteiger partial charge in [-0.25, -0.2) is 0 Å². The van der Waals surface area contributed by atoms with E-state index in [2.05, 4.69) is 13.5 Å². The van der Waals surface area contributed by atoms with E-state index in [1.165, 1.54) is 25.7 Å². The van der Waals surface area contributed by atoms with Crippen LogP contribution in [0.5, 0.6) is 0 Å². The summed E-state index contributed by atoms with van der Waals surface area (Å²) in [5.74, 6) is 1.23. The highest BCUT2D eigenvalue weighted by atomic mass is 16.3. The van der Waals surface area contributed by atoms with Gasteiger partial charge in [-0.15, -0.1) is 6.58 Å². The fourth-order valence-corrected chi connectivity index (χ4v) is 2.26. The Morgan fingerprint density at radius 2 is 2.17 bits per heavy atom. The maximum atomic E-state index is 9.77. The second-order valence-electron chi connectivity index (χ2n) is 4.02. The monoisotopic (exact) mass is 168 g/mol. The molecule has 1 heteroatoms. The van der Waals surface area contributed by atoms with Gasteiger partial charge in [0.05, 0.1) is 6.10 Å². The summed E-state index contributed by atoms with van der Waals surface area (Å²) in [6.07, 6.45) is 7.58. The zero-order valence-corrected chi connectivity index (χ0v) is 8.00. The largest absolute Gasteiger partial charge is 0.393 e. The molecule has 1 saturated carbocycles. The van der Waals surface area contributed by atoms with Crippen molar-refractivity contribution >= 4 is 0 Å². The molecule has 0 aromatic heterocycles. The van der Waals surface area contributed by atoms with Crippen molar-refractivity contribution in [3.8, 4) is 0 Å². The van der Waals surface area contributed by atoms with E-state index in [-0.39, 0.29) is 6.10 Å². The molecule has 0 bridgehead atoms. The van der Waals surface area contributed by atoms with Crippen molar-refractivity contribution in [2.75, 3.05) is 0 Å². The molecule has 12 heavy (non-hydrogen) atoms. The Morgan fingerprint density at radius 3 is 2.75 bits per heavy atom. The van der Waals surface area contributed by atoms with Gasteiger partial charge >= 0.3 is 0 Å². The summed E-state index contributed by atoms with van der Waals surface area (Å²) in [7, 11) is 0. The van der Waals surface area contributed by atoms with Crippen LogP contribution in [0.15, 0.2) is 12.7 Å². The Balaban J connectivity index is 2.41. The fraction of sp³-hybridized carbons (Fsp3) is 0.818. The minimum atomic E-state index is -0.141. The van der Waals surface area contributed by atoms with E-state index in [1.54, 1.807) is 0 Å². The van der Waals surface area contributed by atoms with E-state index in [0.717, 1.165) is 6.42 Å². The Hall–Kier alpha value is -0.300. The molecular weight excluding hydrogens is 148 g/mol. The van der Waals surface area contributed by atoms with Gasteiger partial charge < -0.3 is 5.11 Å². The third-order valence-corrected chi connectivity index (χ3v) is 3.08. The molecule has 0 aromatic carbocycles. The summed E-state index contributed by atoms with van der Waals surface area (Å²) in [5, 5.41) is 9.77. The number of aliphatic hydroxyl groups excluding tert-OH is 1. The molecule has 3 unspecified atom stereocenters. The Kier molecular flexibility index (Phi) is 3.80. The third-order valence-electron chi connectivity index (χ3n) is 3.08. The summed E-state index contributed by atoms with van der Waals surface area (Å²) in [5.41, 5.74) is 0. The maximum Gasteiger partial charge on any atom is 0.0605 e. The molecule has 0 amide bonds. The van der Waals surface area contributed by atoms with E-state index in [1.807, 2.05) is 6.08 Å². The molecule has 1 aliphatic rings. The smallest absolute Gasteiger partial charge is 0.0605 e. The van der Waals surface area contributed by atoms with Crippen molar-refractivity contribution in [3.05, 3.63) is 12.7 Å². The van der Waals surface area contributed by atoms with Gasteiger partial charge in [-0.05, 0) is 24.7 Å². The highest BCUT2D eigenvalue weighted by Crippen LogP contribution is 2.32. The minimum absolute atomic E-state index is 0.141. The Bertz CT molecular complexity index is 142. The lowest BCUT2D eigenvalue weighted by molar-refractivity contribution is 0.0560. The average Bonchev–Trinajstić information content (AvgIpc) is 2.05. The molecule has 0 spiro atoms. The molecule has 1 nitrogen and oxygen atoms in total. The van der Waals surface area contributed by atoms with Crippen LogP contribution >= 0.6 is 0 Å². The molecular formula is C11H20O. The van der Waals surface area contributed by atoms with Gasteiger partial charge in [0, 0.05) is 0 Å². The predicted octanol–water partition coefficient (Wildman–Crippen LogP) is 2.75. The fourth-order valence-electron chi connectivity index (χ4n) is 2.26. The lowest BCUT2D eigenvalue weighted by atomic mass is 9.76. The van der Waals surface area contributed by atoms with Crippen LogP contribution in [0.1, 0.15) is 39.0 Å². The van der Waals surface area contributed by atoms with Crippen LogP contribution in [0, 0.1) is 11.8 Å². The van der Waals surface area contributed by atoms with E-state index < -0.39 is 0 Å². The van der Waals surface area contributed by atoms with Gasteiger partial charge in [-0.1, -0.05) is 32.3 Å². The van der Waals surface area contributed by atoms with E-state index in [4.69, 9.17) is 0 Å². The molecule has 1 rings (SSSR count). The molecule has 1 aliphatic carbocycles. The predicted molar refractivity (Wildman–Crippen MR) is 51.9 cm³/mol. The molecule has 70 valence electrons. The first-order valence-corrected chi connectivity index (χ1v) is 5.04. The van der Waals surface area contributed by atoms with Crippen molar-refractivity contribution < 1.29 is 5.11 Å². The molecule has 0 saturated heterocycles. The second-order valence-corrected chi connectivity index (χ2v) is 4.02. The van der Waals surface area contributed by atoms with Crippen molar-refractivity contribution in [1.29, 1.82) is 0 Å². The lowest BCUT2D eigenvalue weighted by Crippen LogP contribution is -2.28. The van der Waals surface area contributed by atoms with Crippen LogP contribution in [0.4, 0.5) is 0 Å². The van der Waals surface area contributed by atoms with Gasteiger partial charge in [0.15, 0.2) is 0 Å². The zero-order valence-electron chi connectivity index (χ0n) is 8.00. The third kappa shape index (κ3) is 2.34. The summed E-state index contributed by atoms with van der Waals surface area (Å²) < 4.78 is 0. The van der Waals surface area contributed by atoms with Crippen LogP contribution in [-0.4, -0.2) is 11.2 Å². The van der Waals surface area contributed by atoms with Crippen LogP contribution in [-0.2, 0) is 0 Å². The summed E-state index contributed by atoms with van der Waals surface area (Å²) >= 11 is 0. The lowest BCUT2D eigenvalue weighted by Gasteiger charge is -2.32. The second kappa shape index (κ2) is 4.66. The van der Waals surface area contributed by atoms with Gasteiger partial charge in [-0.2, -0.15) is 0 Å². The zero-order chi connectivity index (χ0) is 8.97. The first kappa shape index (κ1) is 9.79. The molecule has 3 atom stereocenters. The highest BCUT2D eigenvalue weighted by molar-refractivity contribution is 4.82. The quantitative estimate of drug-likeness (QED) is 0.642. The van der Waals surface area contributed by atoms with Crippen LogP contribution < -0.4 is 0 Å². The van der Waals surface area contributed by atoms with Gasteiger partial charge in [-0.3, -0.25) is 0 Å². The van der Waals surface area contributed by atoms with Crippen LogP contribution in [0.2, 0.25) is 0 Å². The standard InChI is InChI=1S/C11H20O/c1-3-6-11(12)10-8-5-4-7-9(10)2/h3,9-12H,1,4-8H2,2H3. The van der Waals surface area contributed by atoms with Crippen molar-refractivity contribution in [2.45, 2.75) is 45.1 Å². The maximum absolute atomic E-state index is 9.77. The highest BCUT2D eigenvalue weighted by Gasteiger charge is 2.26. The number of rotatable bonds is 3. The topological polar surface area (TPSA) is 20.2 Å². The first-order valence-electron chi connectivity index (χ1n) is 5.04. The number of hydrogen-bond acceptors (Lipinski definition) is 1. The van der Waals surface area contributed by atoms with Crippen LogP contribution in [0.3, 0.4) is 0 Å². The van der Waals surface area contributed by atoms with Crippen LogP contribution in [0.25, 0.3) is 0 Å². The van der Waals surface area contributed by atoms with Gasteiger partial charge in [0.1, 0.15) is 0 Å². The van der Waals surface area contributed by atoms with Crippen molar-refractivity contribution in [3.63, 3.8) is 0 Å². The minimum Gasteiger partial charge on any atom is -0.393 e. The Morgan fingerprint density at radius 1 is 1.50 bits per heavy atom. The van der Waals surface area contributed by atoms with E-state index >= 15 is 0 Å². The SMILES string of the molecule is C=CCC(O)C1CCCCC1C. The number of hydrogen-bond donors (Lipinski definition) is 1. The molecule has 0 aliphatic heterocycles. The van der Waals surface area contributed by atoms with E-state index in [9.17, 15) is 5.11 Å². The first-order chi connectivity index (χ1) is 5.75. The molecule has 0 aromatic rings. The normalized spacial score (nSPS) is 32.8. The molecule has 1 N–H and O–H groups in total. The van der Waals surface area contributed by atoms with Crippen molar-refractivity contribution in [1.82, 2.24) is 0 Å². The number of aliphatic hydroxyl groups is 1.